The van der Waals surface area contributed by atoms with E-state index in [1.54, 1.807) is 13.0 Å². The molecule has 0 bridgehead atoms. The largest absolute Gasteiger partial charge is 0.480 e. The van der Waals surface area contributed by atoms with Crippen molar-refractivity contribution in [1.29, 1.82) is 0 Å². The fourth-order valence-corrected chi connectivity index (χ4v) is 3.71. The fourth-order valence-electron chi connectivity index (χ4n) is 3.71. The summed E-state index contributed by atoms with van der Waals surface area (Å²) in [5.74, 6) is -4.45. The van der Waals surface area contributed by atoms with Crippen LogP contribution in [-0.4, -0.2) is 40.5 Å². The molecule has 0 saturated carbocycles. The highest BCUT2D eigenvalue weighted by atomic mass is 19.4. The summed E-state index contributed by atoms with van der Waals surface area (Å²) in [5, 5.41) is 11.3. The number of nitrogens with one attached hydrogen (secondary N) is 1. The Kier molecular flexibility index (Phi) is 6.52. The monoisotopic (exact) mass is 448 g/mol. The van der Waals surface area contributed by atoms with Crippen LogP contribution in [0.1, 0.15) is 29.7 Å². The Balaban J connectivity index is 2.39. The van der Waals surface area contributed by atoms with E-state index in [9.17, 15) is 27.6 Å². The lowest BCUT2D eigenvalue weighted by molar-refractivity contribution is -0.142. The van der Waals surface area contributed by atoms with Crippen molar-refractivity contribution in [2.45, 2.75) is 25.4 Å². The molecule has 1 atom stereocenters. The summed E-state index contributed by atoms with van der Waals surface area (Å²) < 4.78 is 49.6. The third-order valence-corrected chi connectivity index (χ3v) is 4.86. The van der Waals surface area contributed by atoms with Gasteiger partial charge in [-0.05, 0) is 29.7 Å². The number of rotatable bonds is 8. The highest BCUT2D eigenvalue weighted by molar-refractivity contribution is 6.30. The summed E-state index contributed by atoms with van der Waals surface area (Å²) >= 11 is 0. The molecular weight excluding hydrogens is 429 g/mol. The van der Waals surface area contributed by atoms with Crippen molar-refractivity contribution in [3.05, 3.63) is 65.5 Å². The van der Waals surface area contributed by atoms with Crippen LogP contribution in [0.3, 0.4) is 0 Å². The van der Waals surface area contributed by atoms with E-state index >= 15 is 0 Å². The van der Waals surface area contributed by atoms with Crippen LogP contribution in [0, 0.1) is 0 Å². The maximum absolute atomic E-state index is 14.4. The average Bonchev–Trinajstić information content (AvgIpc) is 3.05. The summed E-state index contributed by atoms with van der Waals surface area (Å²) in [6, 6.07) is 10.1. The number of ether oxygens (including phenoxy) is 1. The van der Waals surface area contributed by atoms with Crippen LogP contribution in [0.4, 0.5) is 18.9 Å². The van der Waals surface area contributed by atoms with Crippen LogP contribution < -0.4 is 10.1 Å². The van der Waals surface area contributed by atoms with Crippen LogP contribution >= 0.6 is 0 Å². The van der Waals surface area contributed by atoms with Crippen molar-refractivity contribution in [2.75, 3.05) is 11.9 Å². The van der Waals surface area contributed by atoms with Crippen LogP contribution in [0.5, 0.6) is 5.75 Å². The van der Waals surface area contributed by atoms with Gasteiger partial charge in [0.15, 0.2) is 6.61 Å². The zero-order valence-corrected chi connectivity index (χ0v) is 16.8. The predicted molar refractivity (Wildman–Crippen MR) is 109 cm³/mol. The Morgan fingerprint density at radius 1 is 1.19 bits per heavy atom. The molecule has 0 aliphatic carbocycles. The number of aromatic nitrogens is 1. The van der Waals surface area contributed by atoms with Crippen molar-refractivity contribution in [1.82, 2.24) is 4.40 Å². The number of nitrogens with zero attached hydrogens (tertiary/aromatic N) is 1. The van der Waals surface area contributed by atoms with E-state index in [4.69, 9.17) is 9.84 Å². The van der Waals surface area contributed by atoms with Gasteiger partial charge in [0.2, 0.25) is 6.29 Å². The number of benzene rings is 1. The molecule has 1 unspecified atom stereocenters. The minimum absolute atomic E-state index is 0.00176. The first kappa shape index (κ1) is 22.9. The Labute approximate surface area is 180 Å². The number of aldehydes is 1. The number of fused-ring (bicyclic) bond motifs is 1. The van der Waals surface area contributed by atoms with Crippen LogP contribution in [-0.2, 0) is 20.8 Å². The van der Waals surface area contributed by atoms with E-state index < -0.39 is 30.6 Å². The van der Waals surface area contributed by atoms with Gasteiger partial charge in [0.1, 0.15) is 17.2 Å². The number of carboxylic acid groups (broad SMARTS) is 1. The van der Waals surface area contributed by atoms with E-state index in [0.717, 1.165) is 0 Å². The van der Waals surface area contributed by atoms with Gasteiger partial charge >= 0.3 is 12.1 Å². The minimum Gasteiger partial charge on any atom is -0.480 e. The Bertz CT molecular complexity index is 1160. The van der Waals surface area contributed by atoms with E-state index in [2.05, 4.69) is 5.32 Å². The second-order valence-corrected chi connectivity index (χ2v) is 6.86. The quantitative estimate of drug-likeness (QED) is 0.404. The molecule has 1 amide bonds. The lowest BCUT2D eigenvalue weighted by Crippen LogP contribution is -2.24. The van der Waals surface area contributed by atoms with Gasteiger partial charge in [-0.1, -0.05) is 37.3 Å². The normalized spacial score (nSPS) is 12.4. The van der Waals surface area contributed by atoms with Gasteiger partial charge in [-0.3, -0.25) is 9.59 Å². The molecular formula is C22H19F3N2O5. The maximum atomic E-state index is 14.4. The van der Waals surface area contributed by atoms with Crippen LogP contribution in [0.2, 0.25) is 0 Å². The summed E-state index contributed by atoms with van der Waals surface area (Å²) in [6.45, 7) is 0.870. The van der Waals surface area contributed by atoms with Crippen LogP contribution in [0.25, 0.3) is 5.52 Å². The molecule has 3 rings (SSSR count). The first-order valence-corrected chi connectivity index (χ1v) is 9.57. The van der Waals surface area contributed by atoms with Gasteiger partial charge in [-0.15, -0.1) is 0 Å². The molecule has 10 heteroatoms. The summed E-state index contributed by atoms with van der Waals surface area (Å²) in [4.78, 5) is 33.8. The molecule has 32 heavy (non-hydrogen) atoms. The molecule has 2 heterocycles. The summed E-state index contributed by atoms with van der Waals surface area (Å²) in [6.07, 6.45) is -3.23. The SMILES string of the molecule is CCc1c(NC(=O)C=O)c2c(OCC(=O)O)cccn2c1C(c1ccccc1)C(F)(F)F. The predicted octanol–water partition coefficient (Wildman–Crippen LogP) is 3.80. The Morgan fingerprint density at radius 2 is 1.88 bits per heavy atom. The summed E-state index contributed by atoms with van der Waals surface area (Å²) in [5.41, 5.74) is -0.0353. The second-order valence-electron chi connectivity index (χ2n) is 6.86. The standard InChI is InChI=1S/C22H19F3N2O5/c1-2-14-19(26-16(29)11-28)21-15(32-12-17(30)31)9-6-10-27(21)20(14)18(22(23,24)25)13-7-4-3-5-8-13/h3-11,18H,2,12H2,1H3,(H,26,29)(H,30,31). The first-order valence-electron chi connectivity index (χ1n) is 9.57. The van der Waals surface area contributed by atoms with E-state index in [0.29, 0.717) is 0 Å². The number of carbonyl (C=O) groups is 3. The Hall–Kier alpha value is -3.82. The molecule has 3 aromatic rings. The van der Waals surface area contributed by atoms with Gasteiger partial charge in [-0.2, -0.15) is 13.2 Å². The molecule has 2 N–H and O–H groups in total. The van der Waals surface area contributed by atoms with E-state index in [1.165, 1.54) is 47.0 Å². The molecule has 7 nitrogen and oxygen atoms in total. The average molecular weight is 448 g/mol. The Morgan fingerprint density at radius 3 is 2.44 bits per heavy atom. The number of halogens is 3. The smallest absolute Gasteiger partial charge is 0.401 e. The number of anilines is 1. The van der Waals surface area contributed by atoms with Gasteiger partial charge in [0, 0.05) is 11.9 Å². The third-order valence-electron chi connectivity index (χ3n) is 4.86. The van der Waals surface area contributed by atoms with Gasteiger partial charge in [-0.25, -0.2) is 4.79 Å². The highest BCUT2D eigenvalue weighted by Crippen LogP contribution is 2.46. The zero-order chi connectivity index (χ0) is 23.5. The number of pyridine rings is 1. The maximum Gasteiger partial charge on any atom is 0.401 e. The molecule has 0 fully saturated rings. The molecule has 0 saturated heterocycles. The van der Waals surface area contributed by atoms with Crippen molar-refractivity contribution in [3.8, 4) is 5.75 Å². The van der Waals surface area contributed by atoms with Crippen molar-refractivity contribution in [2.24, 2.45) is 0 Å². The topological polar surface area (TPSA) is 97.1 Å². The van der Waals surface area contributed by atoms with Crippen molar-refractivity contribution < 1.29 is 37.4 Å². The highest BCUT2D eigenvalue weighted by Gasteiger charge is 2.45. The molecule has 168 valence electrons. The number of aliphatic carboxylic acids is 1. The number of amides is 1. The van der Waals surface area contributed by atoms with Gasteiger partial charge in [0.05, 0.1) is 5.69 Å². The second kappa shape index (κ2) is 9.13. The molecule has 0 aliphatic heterocycles. The van der Waals surface area contributed by atoms with E-state index in [1.807, 2.05) is 0 Å². The molecule has 2 aromatic heterocycles. The zero-order valence-electron chi connectivity index (χ0n) is 16.8. The fraction of sp³-hybridized carbons (Fsp3) is 0.227. The number of alkyl halides is 3. The number of hydrogen-bond donors (Lipinski definition) is 2. The van der Waals surface area contributed by atoms with Crippen molar-refractivity contribution in [3.63, 3.8) is 0 Å². The van der Waals surface area contributed by atoms with E-state index in [-0.39, 0.29) is 46.5 Å². The minimum atomic E-state index is -4.69. The van der Waals surface area contributed by atoms with Gasteiger partial charge < -0.3 is 19.6 Å². The lowest BCUT2D eigenvalue weighted by Gasteiger charge is -2.23. The number of carbonyl (C=O) groups excluding carboxylic acids is 2. The molecule has 0 radical (unpaired) electrons. The third kappa shape index (κ3) is 4.43. The first-order chi connectivity index (χ1) is 15.2. The van der Waals surface area contributed by atoms with Crippen molar-refractivity contribution >= 4 is 29.4 Å². The summed E-state index contributed by atoms with van der Waals surface area (Å²) in [7, 11) is 0. The lowest BCUT2D eigenvalue weighted by atomic mass is 9.91. The molecule has 0 aliphatic rings. The van der Waals surface area contributed by atoms with Crippen LogP contribution in [0.15, 0.2) is 48.7 Å². The molecule has 0 spiro atoms. The number of hydrogen-bond acceptors (Lipinski definition) is 4. The number of carboxylic acids is 1. The molecule has 1 aromatic carbocycles. The van der Waals surface area contributed by atoms with Gasteiger partial charge in [0.25, 0.3) is 5.91 Å².